The molecule has 0 spiro atoms. The Morgan fingerprint density at radius 3 is 2.46 bits per heavy atom. The number of methoxy groups -OCH3 is 1. The minimum absolute atomic E-state index is 0.144. The second-order valence-electron chi connectivity index (χ2n) is 7.04. The van der Waals surface area contributed by atoms with Crippen LogP contribution < -0.4 is 4.74 Å². The minimum atomic E-state index is -3.15. The third-order valence-corrected chi connectivity index (χ3v) is 6.27. The van der Waals surface area contributed by atoms with Crippen LogP contribution in [0.4, 0.5) is 0 Å². The number of hydrogen-bond donors (Lipinski definition) is 0. The van der Waals surface area contributed by atoms with Crippen LogP contribution in [-0.2, 0) is 21.2 Å². The Labute approximate surface area is 145 Å². The highest BCUT2D eigenvalue weighted by Crippen LogP contribution is 2.32. The third-order valence-electron chi connectivity index (χ3n) is 5.00. The normalized spacial score (nSPS) is 25.6. The summed E-state index contributed by atoms with van der Waals surface area (Å²) in [5, 5.41) is 0. The monoisotopic (exact) mass is 353 g/mol. The molecule has 2 aliphatic rings. The van der Waals surface area contributed by atoms with E-state index >= 15 is 0 Å². The van der Waals surface area contributed by atoms with E-state index in [9.17, 15) is 8.42 Å². The summed E-state index contributed by atoms with van der Waals surface area (Å²) in [6, 6.07) is 8.01. The topological polar surface area (TPSA) is 55.8 Å². The molecule has 1 saturated carbocycles. The van der Waals surface area contributed by atoms with Crippen LogP contribution in [0.3, 0.4) is 0 Å². The summed E-state index contributed by atoms with van der Waals surface area (Å²) in [6.07, 6.45) is 5.58. The lowest BCUT2D eigenvalue weighted by Crippen LogP contribution is -2.47. The molecule has 1 saturated heterocycles. The summed E-state index contributed by atoms with van der Waals surface area (Å²) in [6.45, 7) is 1.93. The van der Waals surface area contributed by atoms with Crippen LogP contribution in [0.2, 0.25) is 0 Å². The maximum atomic E-state index is 11.9. The SMILES string of the molecule is COc1ccc(C[C@H]2CN(S(C)(=O)=O)CC[C@@H]2OCC2CC2)cc1. The Morgan fingerprint density at radius 2 is 1.88 bits per heavy atom. The molecule has 134 valence electrons. The lowest BCUT2D eigenvalue weighted by molar-refractivity contribution is -0.0231. The fourth-order valence-corrected chi connectivity index (χ4v) is 4.20. The van der Waals surface area contributed by atoms with Crippen molar-refractivity contribution in [1.29, 1.82) is 0 Å². The van der Waals surface area contributed by atoms with Crippen LogP contribution in [-0.4, -0.2) is 51.9 Å². The van der Waals surface area contributed by atoms with E-state index in [4.69, 9.17) is 9.47 Å². The summed E-state index contributed by atoms with van der Waals surface area (Å²) >= 11 is 0. The fraction of sp³-hybridized carbons (Fsp3) is 0.667. The van der Waals surface area contributed by atoms with Gasteiger partial charge in [-0.15, -0.1) is 0 Å². The largest absolute Gasteiger partial charge is 0.497 e. The molecule has 24 heavy (non-hydrogen) atoms. The zero-order chi connectivity index (χ0) is 17.2. The fourth-order valence-electron chi connectivity index (χ4n) is 3.30. The van der Waals surface area contributed by atoms with E-state index in [2.05, 4.69) is 12.1 Å². The van der Waals surface area contributed by atoms with Gasteiger partial charge in [-0.05, 0) is 49.3 Å². The van der Waals surface area contributed by atoms with Gasteiger partial charge in [0.25, 0.3) is 0 Å². The van der Waals surface area contributed by atoms with Gasteiger partial charge < -0.3 is 9.47 Å². The van der Waals surface area contributed by atoms with E-state index in [-0.39, 0.29) is 12.0 Å². The molecular weight excluding hydrogens is 326 g/mol. The van der Waals surface area contributed by atoms with Crippen molar-refractivity contribution < 1.29 is 17.9 Å². The van der Waals surface area contributed by atoms with Crippen LogP contribution >= 0.6 is 0 Å². The average Bonchev–Trinajstić information content (AvgIpc) is 3.38. The Kier molecular flexibility index (Phi) is 5.47. The highest BCUT2D eigenvalue weighted by molar-refractivity contribution is 7.88. The van der Waals surface area contributed by atoms with Crippen LogP contribution in [0.5, 0.6) is 5.75 Å². The smallest absolute Gasteiger partial charge is 0.211 e. The molecule has 5 nitrogen and oxygen atoms in total. The predicted molar refractivity (Wildman–Crippen MR) is 93.7 cm³/mol. The van der Waals surface area contributed by atoms with Crippen LogP contribution in [0.15, 0.2) is 24.3 Å². The van der Waals surface area contributed by atoms with E-state index in [0.717, 1.165) is 31.1 Å². The zero-order valence-corrected chi connectivity index (χ0v) is 15.3. The van der Waals surface area contributed by atoms with Crippen LogP contribution in [0.1, 0.15) is 24.8 Å². The Balaban J connectivity index is 1.68. The van der Waals surface area contributed by atoms with E-state index in [1.54, 1.807) is 11.4 Å². The molecule has 0 radical (unpaired) electrons. The molecule has 1 heterocycles. The van der Waals surface area contributed by atoms with Gasteiger partial charge in [-0.2, -0.15) is 0 Å². The van der Waals surface area contributed by atoms with Gasteiger partial charge in [0.2, 0.25) is 10.0 Å². The van der Waals surface area contributed by atoms with Gasteiger partial charge in [0, 0.05) is 25.6 Å². The molecule has 0 N–H and O–H groups in total. The lowest BCUT2D eigenvalue weighted by Gasteiger charge is -2.37. The second-order valence-corrected chi connectivity index (χ2v) is 9.02. The summed E-state index contributed by atoms with van der Waals surface area (Å²) in [4.78, 5) is 0. The van der Waals surface area contributed by atoms with Crippen molar-refractivity contribution >= 4 is 10.0 Å². The van der Waals surface area contributed by atoms with Crippen molar-refractivity contribution in [3.05, 3.63) is 29.8 Å². The molecule has 1 aliphatic heterocycles. The summed E-state index contributed by atoms with van der Waals surface area (Å²) < 4.78 is 36.8. The van der Waals surface area contributed by atoms with E-state index in [1.165, 1.54) is 24.7 Å². The molecule has 3 rings (SSSR count). The molecule has 1 aromatic carbocycles. The van der Waals surface area contributed by atoms with Gasteiger partial charge in [-0.25, -0.2) is 12.7 Å². The average molecular weight is 353 g/mol. The number of benzene rings is 1. The van der Waals surface area contributed by atoms with Crippen molar-refractivity contribution in [1.82, 2.24) is 4.31 Å². The number of rotatable bonds is 7. The van der Waals surface area contributed by atoms with Crippen molar-refractivity contribution in [2.75, 3.05) is 33.1 Å². The molecule has 2 atom stereocenters. The van der Waals surface area contributed by atoms with E-state index in [1.807, 2.05) is 12.1 Å². The Hall–Kier alpha value is -1.11. The van der Waals surface area contributed by atoms with Gasteiger partial charge in [0.1, 0.15) is 5.75 Å². The van der Waals surface area contributed by atoms with E-state index in [0.29, 0.717) is 13.1 Å². The molecule has 6 heteroatoms. The maximum Gasteiger partial charge on any atom is 0.211 e. The first-order valence-electron chi connectivity index (χ1n) is 8.65. The Bertz CT molecular complexity index is 639. The van der Waals surface area contributed by atoms with Gasteiger partial charge in [-0.1, -0.05) is 12.1 Å². The van der Waals surface area contributed by atoms with E-state index < -0.39 is 10.0 Å². The Morgan fingerprint density at radius 1 is 1.17 bits per heavy atom. The van der Waals surface area contributed by atoms with Crippen molar-refractivity contribution in [3.63, 3.8) is 0 Å². The quantitative estimate of drug-likeness (QED) is 0.755. The van der Waals surface area contributed by atoms with Crippen molar-refractivity contribution in [2.24, 2.45) is 11.8 Å². The maximum absolute atomic E-state index is 11.9. The number of sulfonamides is 1. The molecular formula is C18H27NO4S. The zero-order valence-electron chi connectivity index (χ0n) is 14.5. The predicted octanol–water partition coefficient (Wildman–Crippen LogP) is 2.31. The van der Waals surface area contributed by atoms with Crippen LogP contribution in [0.25, 0.3) is 0 Å². The van der Waals surface area contributed by atoms with Crippen molar-refractivity contribution in [2.45, 2.75) is 31.8 Å². The molecule has 2 fully saturated rings. The van der Waals surface area contributed by atoms with Crippen molar-refractivity contribution in [3.8, 4) is 5.75 Å². The van der Waals surface area contributed by atoms with Crippen LogP contribution in [0, 0.1) is 11.8 Å². The third kappa shape index (κ3) is 4.71. The number of hydrogen-bond acceptors (Lipinski definition) is 4. The summed E-state index contributed by atoms with van der Waals surface area (Å²) in [5.74, 6) is 1.75. The molecule has 0 amide bonds. The summed E-state index contributed by atoms with van der Waals surface area (Å²) in [7, 11) is -1.49. The first-order valence-corrected chi connectivity index (χ1v) is 10.5. The molecule has 1 aromatic rings. The molecule has 0 bridgehead atoms. The van der Waals surface area contributed by atoms with Gasteiger partial charge in [0.05, 0.1) is 19.5 Å². The lowest BCUT2D eigenvalue weighted by atomic mass is 9.89. The number of piperidine rings is 1. The molecule has 0 aromatic heterocycles. The van der Waals surface area contributed by atoms with Gasteiger partial charge >= 0.3 is 0 Å². The number of ether oxygens (including phenoxy) is 2. The molecule has 0 unspecified atom stereocenters. The second kappa shape index (κ2) is 7.42. The first kappa shape index (κ1) is 17.7. The highest BCUT2D eigenvalue weighted by atomic mass is 32.2. The van der Waals surface area contributed by atoms with Gasteiger partial charge in [-0.3, -0.25) is 0 Å². The highest BCUT2D eigenvalue weighted by Gasteiger charge is 2.35. The standard InChI is InChI=1S/C18H27NO4S/c1-22-17-7-5-14(6-8-17)11-16-12-19(24(2,20)21)10-9-18(16)23-13-15-3-4-15/h5-8,15-16,18H,3-4,9-13H2,1-2H3/t16-,18-/m0/s1. The molecule has 1 aliphatic carbocycles. The van der Waals surface area contributed by atoms with Gasteiger partial charge in [0.15, 0.2) is 0 Å². The minimum Gasteiger partial charge on any atom is -0.497 e. The first-order chi connectivity index (χ1) is 11.5. The summed E-state index contributed by atoms with van der Waals surface area (Å²) in [5.41, 5.74) is 1.19. The number of nitrogens with zero attached hydrogens (tertiary/aromatic N) is 1.